The highest BCUT2D eigenvalue weighted by Gasteiger charge is 2.16. The largest absolute Gasteiger partial charge is 0.478 e. The summed E-state index contributed by atoms with van der Waals surface area (Å²) in [6.07, 6.45) is 4.96. The van der Waals surface area contributed by atoms with Gasteiger partial charge in [0.15, 0.2) is 0 Å². The fraction of sp³-hybridized carbons (Fsp3) is 0.167. The Morgan fingerprint density at radius 3 is 2.53 bits per heavy atom. The first-order valence-electron chi connectivity index (χ1n) is 4.95. The average Bonchev–Trinajstić information content (AvgIpc) is 2.28. The maximum Gasteiger partial charge on any atom is 0.339 e. The zero-order valence-electron chi connectivity index (χ0n) is 9.27. The lowest BCUT2D eigenvalue weighted by Gasteiger charge is -2.21. The minimum atomic E-state index is -1.01. The summed E-state index contributed by atoms with van der Waals surface area (Å²) in [5.74, 6) is -0.590. The van der Waals surface area contributed by atoms with E-state index in [0.717, 1.165) is 0 Å². The topological polar surface area (TPSA) is 53.4 Å². The predicted molar refractivity (Wildman–Crippen MR) is 71.5 cm³/mol. The van der Waals surface area contributed by atoms with Gasteiger partial charge in [0.25, 0.3) is 0 Å². The molecule has 0 amide bonds. The van der Waals surface area contributed by atoms with Gasteiger partial charge in [-0.15, -0.1) is 13.2 Å². The van der Waals surface area contributed by atoms with Crippen molar-refractivity contribution in [1.29, 1.82) is 0 Å². The van der Waals surface area contributed by atoms with Crippen LogP contribution in [-0.4, -0.2) is 29.1 Å². The zero-order chi connectivity index (χ0) is 12.8. The molecule has 4 nitrogen and oxygen atoms in total. The first-order chi connectivity index (χ1) is 8.10. The molecular weight excluding hydrogens is 284 g/mol. The summed E-state index contributed by atoms with van der Waals surface area (Å²) in [5, 5.41) is 9.14. The van der Waals surface area contributed by atoms with E-state index in [-0.39, 0.29) is 5.56 Å². The third-order valence-electron chi connectivity index (χ3n) is 2.06. The Morgan fingerprint density at radius 2 is 2.06 bits per heavy atom. The van der Waals surface area contributed by atoms with Crippen molar-refractivity contribution in [2.24, 2.45) is 0 Å². The van der Waals surface area contributed by atoms with Gasteiger partial charge in [0.05, 0.1) is 0 Å². The Kier molecular flexibility index (Phi) is 4.90. The number of anilines is 1. The molecule has 0 aliphatic rings. The van der Waals surface area contributed by atoms with Crippen LogP contribution >= 0.6 is 15.9 Å². The molecule has 90 valence electrons. The Balaban J connectivity index is 3.20. The van der Waals surface area contributed by atoms with Crippen LogP contribution in [0.15, 0.2) is 42.0 Å². The first-order valence-corrected chi connectivity index (χ1v) is 5.75. The van der Waals surface area contributed by atoms with E-state index in [1.807, 2.05) is 0 Å². The number of hydrogen-bond acceptors (Lipinski definition) is 3. The average molecular weight is 297 g/mol. The van der Waals surface area contributed by atoms with Crippen LogP contribution in [0.25, 0.3) is 0 Å². The highest BCUT2D eigenvalue weighted by Crippen LogP contribution is 2.21. The zero-order valence-corrected chi connectivity index (χ0v) is 10.9. The van der Waals surface area contributed by atoms with Crippen molar-refractivity contribution in [2.45, 2.75) is 0 Å². The molecule has 1 aromatic heterocycles. The molecule has 1 N–H and O–H groups in total. The third kappa shape index (κ3) is 3.42. The first kappa shape index (κ1) is 13.4. The quantitative estimate of drug-likeness (QED) is 0.820. The number of rotatable bonds is 6. The van der Waals surface area contributed by atoms with Crippen LogP contribution in [-0.2, 0) is 0 Å². The normalized spacial score (nSPS) is 9.71. The second kappa shape index (κ2) is 6.20. The van der Waals surface area contributed by atoms with Crippen LogP contribution in [0, 0.1) is 0 Å². The van der Waals surface area contributed by atoms with Crippen LogP contribution in [0.1, 0.15) is 10.4 Å². The number of hydrogen-bond donors (Lipinski definition) is 1. The lowest BCUT2D eigenvalue weighted by molar-refractivity contribution is 0.0697. The van der Waals surface area contributed by atoms with Gasteiger partial charge in [-0.25, -0.2) is 9.78 Å². The second-order valence-corrected chi connectivity index (χ2v) is 4.23. The fourth-order valence-electron chi connectivity index (χ4n) is 1.40. The minimum Gasteiger partial charge on any atom is -0.478 e. The maximum atomic E-state index is 11.1. The molecule has 0 saturated carbocycles. The summed E-state index contributed by atoms with van der Waals surface area (Å²) >= 11 is 3.21. The lowest BCUT2D eigenvalue weighted by atomic mass is 10.2. The van der Waals surface area contributed by atoms with Gasteiger partial charge < -0.3 is 10.0 Å². The van der Waals surface area contributed by atoms with Crippen LogP contribution < -0.4 is 4.90 Å². The summed E-state index contributed by atoms with van der Waals surface area (Å²) in [7, 11) is 0. The number of aromatic nitrogens is 1. The molecule has 1 rings (SSSR count). The summed E-state index contributed by atoms with van der Waals surface area (Å²) in [6.45, 7) is 8.31. The Bertz CT molecular complexity index is 436. The number of carbonyl (C=O) groups is 1. The smallest absolute Gasteiger partial charge is 0.339 e. The Morgan fingerprint density at radius 1 is 1.47 bits per heavy atom. The molecule has 0 atom stereocenters. The van der Waals surface area contributed by atoms with Gasteiger partial charge in [-0.2, -0.15) is 0 Å². The molecule has 0 unspecified atom stereocenters. The molecule has 0 fully saturated rings. The summed E-state index contributed by atoms with van der Waals surface area (Å²) in [5.41, 5.74) is 0.156. The van der Waals surface area contributed by atoms with Crippen molar-refractivity contribution in [3.05, 3.63) is 47.6 Å². The molecule has 1 aromatic rings. The number of pyridine rings is 1. The van der Waals surface area contributed by atoms with Crippen LogP contribution in [0.5, 0.6) is 0 Å². The standard InChI is InChI=1S/C12H13BrN2O2/c1-3-5-15(6-4-2)11-10(12(16)17)7-9(13)8-14-11/h3-4,7-8H,1-2,5-6H2,(H,16,17). The fourth-order valence-corrected chi connectivity index (χ4v) is 1.73. The molecule has 0 aliphatic heterocycles. The lowest BCUT2D eigenvalue weighted by Crippen LogP contribution is -2.26. The number of carboxylic acid groups (broad SMARTS) is 1. The highest BCUT2D eigenvalue weighted by atomic mass is 79.9. The molecule has 0 aliphatic carbocycles. The van der Waals surface area contributed by atoms with Crippen molar-refractivity contribution >= 4 is 27.7 Å². The monoisotopic (exact) mass is 296 g/mol. The number of nitrogens with zero attached hydrogens (tertiary/aromatic N) is 2. The van der Waals surface area contributed by atoms with Crippen LogP contribution in [0.4, 0.5) is 5.82 Å². The molecule has 0 saturated heterocycles. The van der Waals surface area contributed by atoms with Gasteiger partial charge in [0, 0.05) is 23.8 Å². The van der Waals surface area contributed by atoms with Crippen molar-refractivity contribution in [3.63, 3.8) is 0 Å². The highest BCUT2D eigenvalue weighted by molar-refractivity contribution is 9.10. The Labute approximate surface area is 108 Å². The van der Waals surface area contributed by atoms with E-state index in [1.54, 1.807) is 23.2 Å². The molecule has 17 heavy (non-hydrogen) atoms. The maximum absolute atomic E-state index is 11.1. The van der Waals surface area contributed by atoms with Crippen LogP contribution in [0.2, 0.25) is 0 Å². The van der Waals surface area contributed by atoms with Crippen molar-refractivity contribution < 1.29 is 9.90 Å². The predicted octanol–water partition coefficient (Wildman–Crippen LogP) is 2.72. The number of aromatic carboxylic acids is 1. The Hall–Kier alpha value is -1.62. The molecular formula is C12H13BrN2O2. The van der Waals surface area contributed by atoms with Crippen LogP contribution in [0.3, 0.4) is 0 Å². The second-order valence-electron chi connectivity index (χ2n) is 3.31. The number of carboxylic acids is 1. The van der Waals surface area contributed by atoms with E-state index in [2.05, 4.69) is 34.1 Å². The van der Waals surface area contributed by atoms with Gasteiger partial charge in [-0.1, -0.05) is 12.2 Å². The summed E-state index contributed by atoms with van der Waals surface area (Å²) < 4.78 is 0.635. The minimum absolute atomic E-state index is 0.156. The molecule has 0 aromatic carbocycles. The van der Waals surface area contributed by atoms with Gasteiger partial charge in [-0.05, 0) is 22.0 Å². The van der Waals surface area contributed by atoms with Crippen molar-refractivity contribution in [3.8, 4) is 0 Å². The van der Waals surface area contributed by atoms with E-state index in [9.17, 15) is 4.79 Å². The molecule has 0 spiro atoms. The van der Waals surface area contributed by atoms with Gasteiger partial charge in [0.2, 0.25) is 0 Å². The van der Waals surface area contributed by atoms with E-state index < -0.39 is 5.97 Å². The molecule has 5 heteroatoms. The van der Waals surface area contributed by atoms with E-state index >= 15 is 0 Å². The summed E-state index contributed by atoms with van der Waals surface area (Å²) in [4.78, 5) is 17.1. The van der Waals surface area contributed by atoms with E-state index in [0.29, 0.717) is 23.4 Å². The van der Waals surface area contributed by atoms with Gasteiger partial charge in [-0.3, -0.25) is 0 Å². The SMILES string of the molecule is C=CCN(CC=C)c1ncc(Br)cc1C(=O)O. The van der Waals surface area contributed by atoms with Crippen molar-refractivity contribution in [1.82, 2.24) is 4.98 Å². The molecule has 0 radical (unpaired) electrons. The van der Waals surface area contributed by atoms with E-state index in [1.165, 1.54) is 6.07 Å². The third-order valence-corrected chi connectivity index (χ3v) is 2.50. The van der Waals surface area contributed by atoms with Gasteiger partial charge in [0.1, 0.15) is 11.4 Å². The van der Waals surface area contributed by atoms with E-state index in [4.69, 9.17) is 5.11 Å². The number of halogens is 1. The summed E-state index contributed by atoms with van der Waals surface area (Å²) in [6, 6.07) is 1.53. The van der Waals surface area contributed by atoms with Crippen molar-refractivity contribution in [2.75, 3.05) is 18.0 Å². The molecule has 1 heterocycles. The molecule has 0 bridgehead atoms. The van der Waals surface area contributed by atoms with Gasteiger partial charge >= 0.3 is 5.97 Å².